The van der Waals surface area contributed by atoms with E-state index in [2.05, 4.69) is 9.98 Å². The SMILES string of the molecule is C/C=C1/C=CC=N/C1=N/C=C(C)C. The van der Waals surface area contributed by atoms with Gasteiger partial charge in [0.25, 0.3) is 0 Å². The molecule has 0 N–H and O–H groups in total. The minimum absolute atomic E-state index is 0.784. The second-order valence-corrected chi connectivity index (χ2v) is 3.04. The fraction of sp³-hybridized carbons (Fsp3) is 0.273. The summed E-state index contributed by atoms with van der Waals surface area (Å²) < 4.78 is 0. The number of hydrogen-bond donors (Lipinski definition) is 0. The third kappa shape index (κ3) is 2.82. The molecule has 0 aromatic rings. The fourth-order valence-electron chi connectivity index (χ4n) is 0.933. The van der Waals surface area contributed by atoms with E-state index in [0.717, 1.165) is 11.4 Å². The average Bonchev–Trinajstić information content (AvgIpc) is 2.15. The highest BCUT2D eigenvalue weighted by molar-refractivity contribution is 6.08. The summed E-state index contributed by atoms with van der Waals surface area (Å²) >= 11 is 0. The Labute approximate surface area is 79.1 Å². The molecule has 0 aliphatic carbocycles. The zero-order valence-electron chi connectivity index (χ0n) is 8.28. The molecule has 13 heavy (non-hydrogen) atoms. The Morgan fingerprint density at radius 3 is 2.85 bits per heavy atom. The lowest BCUT2D eigenvalue weighted by Crippen LogP contribution is -2.00. The Morgan fingerprint density at radius 1 is 1.46 bits per heavy atom. The van der Waals surface area contributed by atoms with Crippen LogP contribution < -0.4 is 0 Å². The molecule has 0 atom stereocenters. The van der Waals surface area contributed by atoms with Crippen LogP contribution >= 0.6 is 0 Å². The number of rotatable bonds is 1. The van der Waals surface area contributed by atoms with Gasteiger partial charge in [-0.2, -0.15) is 0 Å². The van der Waals surface area contributed by atoms with Crippen molar-refractivity contribution in [1.29, 1.82) is 0 Å². The highest BCUT2D eigenvalue weighted by atomic mass is 14.9. The lowest BCUT2D eigenvalue weighted by Gasteiger charge is -2.03. The van der Waals surface area contributed by atoms with Gasteiger partial charge in [-0.15, -0.1) is 0 Å². The predicted octanol–water partition coefficient (Wildman–Crippen LogP) is 2.90. The second-order valence-electron chi connectivity index (χ2n) is 3.04. The summed E-state index contributed by atoms with van der Waals surface area (Å²) in [5.41, 5.74) is 2.24. The Morgan fingerprint density at radius 2 is 2.23 bits per heavy atom. The van der Waals surface area contributed by atoms with Crippen LogP contribution in [0.15, 0.2) is 45.6 Å². The van der Waals surface area contributed by atoms with E-state index >= 15 is 0 Å². The van der Waals surface area contributed by atoms with Crippen LogP contribution in [-0.4, -0.2) is 12.1 Å². The number of hydrogen-bond acceptors (Lipinski definition) is 1. The minimum Gasteiger partial charge on any atom is -0.237 e. The molecule has 1 aliphatic rings. The molecule has 2 heteroatoms. The van der Waals surface area contributed by atoms with Crippen molar-refractivity contribution in [1.82, 2.24) is 0 Å². The molecule has 0 aromatic heterocycles. The second kappa shape index (κ2) is 4.55. The first-order chi connectivity index (χ1) is 6.24. The molecule has 68 valence electrons. The maximum Gasteiger partial charge on any atom is 0.158 e. The molecule has 0 spiro atoms. The van der Waals surface area contributed by atoms with Crippen LogP contribution in [0.25, 0.3) is 0 Å². The summed E-state index contributed by atoms with van der Waals surface area (Å²) in [4.78, 5) is 8.45. The number of aliphatic imine (C=N–C) groups is 2. The third-order valence-corrected chi connectivity index (χ3v) is 1.57. The summed E-state index contributed by atoms with van der Waals surface area (Å²) in [6.07, 6.45) is 9.51. The molecule has 0 saturated heterocycles. The monoisotopic (exact) mass is 174 g/mol. The Kier molecular flexibility index (Phi) is 3.38. The summed E-state index contributed by atoms with van der Waals surface area (Å²) in [6, 6.07) is 0. The van der Waals surface area contributed by atoms with E-state index in [1.54, 1.807) is 6.21 Å². The fourth-order valence-corrected chi connectivity index (χ4v) is 0.933. The average molecular weight is 174 g/mol. The van der Waals surface area contributed by atoms with Crippen molar-refractivity contribution in [3.63, 3.8) is 0 Å². The van der Waals surface area contributed by atoms with Gasteiger partial charge in [-0.25, -0.2) is 9.98 Å². The van der Waals surface area contributed by atoms with Gasteiger partial charge in [-0.1, -0.05) is 11.6 Å². The van der Waals surface area contributed by atoms with Crippen molar-refractivity contribution in [2.75, 3.05) is 0 Å². The zero-order chi connectivity index (χ0) is 9.68. The summed E-state index contributed by atoms with van der Waals surface area (Å²) in [5, 5.41) is 0. The molecule has 1 heterocycles. The molecule has 0 amide bonds. The van der Waals surface area contributed by atoms with Crippen LogP contribution in [0.1, 0.15) is 20.8 Å². The van der Waals surface area contributed by atoms with E-state index < -0.39 is 0 Å². The lowest BCUT2D eigenvalue weighted by molar-refractivity contribution is 1.32. The highest BCUT2D eigenvalue weighted by Crippen LogP contribution is 2.06. The van der Waals surface area contributed by atoms with Crippen LogP contribution in [0.5, 0.6) is 0 Å². The maximum absolute atomic E-state index is 4.27. The van der Waals surface area contributed by atoms with Gasteiger partial charge in [0.2, 0.25) is 0 Å². The van der Waals surface area contributed by atoms with Crippen LogP contribution in [0.3, 0.4) is 0 Å². The normalized spacial score (nSPS) is 21.2. The summed E-state index contributed by atoms with van der Waals surface area (Å²) in [7, 11) is 0. The standard InChI is InChI=1S/C11H14N2/c1-4-10-6-5-7-12-11(10)13-8-9(2)3/h4-8H,1-3H3/b10-4-,13-11+. The van der Waals surface area contributed by atoms with E-state index in [1.807, 2.05) is 45.2 Å². The maximum atomic E-state index is 4.27. The van der Waals surface area contributed by atoms with Crippen molar-refractivity contribution in [2.24, 2.45) is 9.98 Å². The van der Waals surface area contributed by atoms with E-state index in [-0.39, 0.29) is 0 Å². The zero-order valence-corrected chi connectivity index (χ0v) is 8.28. The Balaban J connectivity index is 2.92. The first-order valence-corrected chi connectivity index (χ1v) is 4.32. The number of nitrogens with zero attached hydrogens (tertiary/aromatic N) is 2. The van der Waals surface area contributed by atoms with Crippen molar-refractivity contribution in [2.45, 2.75) is 20.8 Å². The Bertz CT molecular complexity index is 324. The van der Waals surface area contributed by atoms with Crippen LogP contribution in [0, 0.1) is 0 Å². The molecule has 0 fully saturated rings. The minimum atomic E-state index is 0.784. The summed E-state index contributed by atoms with van der Waals surface area (Å²) in [5.74, 6) is 0.784. The summed E-state index contributed by atoms with van der Waals surface area (Å²) in [6.45, 7) is 6.02. The molecule has 0 aromatic carbocycles. The van der Waals surface area contributed by atoms with Crippen molar-refractivity contribution in [3.05, 3.63) is 35.6 Å². The van der Waals surface area contributed by atoms with E-state index in [9.17, 15) is 0 Å². The van der Waals surface area contributed by atoms with Gasteiger partial charge in [0.1, 0.15) is 0 Å². The van der Waals surface area contributed by atoms with Crippen molar-refractivity contribution >= 4 is 12.1 Å². The first-order valence-electron chi connectivity index (χ1n) is 4.32. The van der Waals surface area contributed by atoms with Gasteiger partial charge in [-0.05, 0) is 32.9 Å². The van der Waals surface area contributed by atoms with Gasteiger partial charge in [0, 0.05) is 18.0 Å². The van der Waals surface area contributed by atoms with Gasteiger partial charge in [0.05, 0.1) is 0 Å². The molecule has 2 nitrogen and oxygen atoms in total. The Hall–Kier alpha value is -1.44. The largest absolute Gasteiger partial charge is 0.237 e. The van der Waals surface area contributed by atoms with E-state index in [0.29, 0.717) is 0 Å². The van der Waals surface area contributed by atoms with Gasteiger partial charge in [0.15, 0.2) is 5.84 Å². The van der Waals surface area contributed by atoms with Crippen molar-refractivity contribution < 1.29 is 0 Å². The number of amidine groups is 1. The number of allylic oxidation sites excluding steroid dienone is 3. The topological polar surface area (TPSA) is 24.7 Å². The molecule has 0 saturated carbocycles. The lowest BCUT2D eigenvalue weighted by atomic mass is 10.2. The molecular weight excluding hydrogens is 160 g/mol. The van der Waals surface area contributed by atoms with Gasteiger partial charge < -0.3 is 0 Å². The van der Waals surface area contributed by atoms with Crippen LogP contribution in [0.4, 0.5) is 0 Å². The molecule has 0 unspecified atom stereocenters. The molecule has 0 bridgehead atoms. The molecular formula is C11H14N2. The highest BCUT2D eigenvalue weighted by Gasteiger charge is 2.01. The van der Waals surface area contributed by atoms with E-state index in [1.165, 1.54) is 5.57 Å². The van der Waals surface area contributed by atoms with E-state index in [4.69, 9.17) is 0 Å². The van der Waals surface area contributed by atoms with Crippen molar-refractivity contribution in [3.8, 4) is 0 Å². The predicted molar refractivity (Wildman–Crippen MR) is 58.3 cm³/mol. The van der Waals surface area contributed by atoms with Gasteiger partial charge >= 0.3 is 0 Å². The number of dihydropyridines is 1. The van der Waals surface area contributed by atoms with Crippen LogP contribution in [0.2, 0.25) is 0 Å². The quantitative estimate of drug-likeness (QED) is 0.584. The molecule has 0 radical (unpaired) electrons. The molecule has 1 aliphatic heterocycles. The van der Waals surface area contributed by atoms with Crippen LogP contribution in [-0.2, 0) is 0 Å². The first kappa shape index (κ1) is 9.65. The smallest absolute Gasteiger partial charge is 0.158 e. The molecule has 1 rings (SSSR count). The van der Waals surface area contributed by atoms with Gasteiger partial charge in [-0.3, -0.25) is 0 Å². The third-order valence-electron chi connectivity index (χ3n) is 1.57.